The summed E-state index contributed by atoms with van der Waals surface area (Å²) in [6.07, 6.45) is 0. The molecule has 0 spiro atoms. The molecule has 4 heteroatoms. The van der Waals surface area contributed by atoms with E-state index in [0.29, 0.717) is 5.82 Å². The molecule has 7 heavy (non-hydrogen) atoms. The van der Waals surface area contributed by atoms with E-state index < -0.39 is 0 Å². The predicted molar refractivity (Wildman–Crippen MR) is 35.7 cm³/mol. The largest absolute Gasteiger partial charge is 0.384 e. The number of aromatic amines is 1. The van der Waals surface area contributed by atoms with Crippen molar-refractivity contribution in [1.29, 1.82) is 0 Å². The van der Waals surface area contributed by atoms with E-state index in [1.165, 1.54) is 0 Å². The molecule has 1 aromatic rings. The Kier molecular flexibility index (Phi) is 1.18. The molecule has 0 saturated heterocycles. The van der Waals surface area contributed by atoms with Gasteiger partial charge in [-0.3, -0.25) is 5.10 Å². The lowest BCUT2D eigenvalue weighted by Gasteiger charge is -1.70. The zero-order chi connectivity index (χ0) is 5.28. The molecule has 0 fully saturated rings. The van der Waals surface area contributed by atoms with Gasteiger partial charge in [0.25, 0.3) is 0 Å². The van der Waals surface area contributed by atoms with Crippen molar-refractivity contribution in [3.8, 4) is 0 Å². The fourth-order valence-corrected chi connectivity index (χ4v) is 0.767. The van der Waals surface area contributed by atoms with E-state index in [1.54, 1.807) is 6.07 Å². The SMILES string of the molecule is Nc1cc(I)n[nH]1. The van der Waals surface area contributed by atoms with Gasteiger partial charge in [-0.2, -0.15) is 5.10 Å². The van der Waals surface area contributed by atoms with Crippen molar-refractivity contribution < 1.29 is 0 Å². The van der Waals surface area contributed by atoms with Crippen LogP contribution in [0.4, 0.5) is 5.82 Å². The average Bonchev–Trinajstić information content (AvgIpc) is 1.87. The van der Waals surface area contributed by atoms with Gasteiger partial charge < -0.3 is 5.73 Å². The van der Waals surface area contributed by atoms with Crippen molar-refractivity contribution in [1.82, 2.24) is 10.2 Å². The van der Waals surface area contributed by atoms with Crippen molar-refractivity contribution in [2.45, 2.75) is 0 Å². The number of aromatic nitrogens is 2. The van der Waals surface area contributed by atoms with Crippen LogP contribution in [0, 0.1) is 3.70 Å². The fraction of sp³-hybridized carbons (Fsp3) is 0. The Morgan fingerprint density at radius 3 is 2.71 bits per heavy atom. The molecule has 3 N–H and O–H groups in total. The summed E-state index contributed by atoms with van der Waals surface area (Å²) in [5, 5.41) is 6.34. The van der Waals surface area contributed by atoms with Crippen molar-refractivity contribution in [3.63, 3.8) is 0 Å². The summed E-state index contributed by atoms with van der Waals surface area (Å²) in [6.45, 7) is 0. The van der Waals surface area contributed by atoms with Crippen LogP contribution in [0.1, 0.15) is 0 Å². The molecule has 0 radical (unpaired) electrons. The van der Waals surface area contributed by atoms with Crippen molar-refractivity contribution in [2.75, 3.05) is 5.73 Å². The molecule has 0 aromatic carbocycles. The van der Waals surface area contributed by atoms with Gasteiger partial charge in [0.15, 0.2) is 0 Å². The summed E-state index contributed by atoms with van der Waals surface area (Å²) in [4.78, 5) is 0. The second kappa shape index (κ2) is 1.69. The number of hydrogen-bond acceptors (Lipinski definition) is 2. The third kappa shape index (κ3) is 1.05. The Morgan fingerprint density at radius 2 is 2.57 bits per heavy atom. The smallest absolute Gasteiger partial charge is 0.125 e. The summed E-state index contributed by atoms with van der Waals surface area (Å²) in [5.41, 5.74) is 5.26. The summed E-state index contributed by atoms with van der Waals surface area (Å²) in [6, 6.07) is 1.76. The van der Waals surface area contributed by atoms with E-state index in [1.807, 2.05) is 0 Å². The van der Waals surface area contributed by atoms with E-state index in [4.69, 9.17) is 5.73 Å². The van der Waals surface area contributed by atoms with Gasteiger partial charge in [-0.15, -0.1) is 0 Å². The van der Waals surface area contributed by atoms with Crippen LogP contribution in [-0.2, 0) is 0 Å². The number of rotatable bonds is 0. The molecule has 38 valence electrons. The normalized spacial score (nSPS) is 9.29. The first-order chi connectivity index (χ1) is 3.29. The first-order valence-electron chi connectivity index (χ1n) is 1.75. The summed E-state index contributed by atoms with van der Waals surface area (Å²) < 4.78 is 0.898. The minimum absolute atomic E-state index is 0.615. The van der Waals surface area contributed by atoms with Crippen LogP contribution >= 0.6 is 22.6 Å². The zero-order valence-electron chi connectivity index (χ0n) is 3.48. The number of nitrogens with two attached hydrogens (primary N) is 1. The van der Waals surface area contributed by atoms with E-state index in [9.17, 15) is 0 Å². The Bertz CT molecular complexity index is 142. The Balaban J connectivity index is 3.04. The standard InChI is InChI=1S/C3H4IN3/c4-2-1-3(5)7-6-2/h1H,(H3,5,6,7). The Labute approximate surface area is 54.4 Å². The maximum absolute atomic E-state index is 5.26. The molecule has 0 saturated carbocycles. The quantitative estimate of drug-likeness (QED) is 0.614. The maximum atomic E-state index is 5.26. The highest BCUT2D eigenvalue weighted by Crippen LogP contribution is 2.01. The monoisotopic (exact) mass is 209 g/mol. The van der Waals surface area contributed by atoms with Crippen LogP contribution < -0.4 is 5.73 Å². The predicted octanol–water partition coefficient (Wildman–Crippen LogP) is 0.597. The summed E-state index contributed by atoms with van der Waals surface area (Å²) >= 11 is 2.08. The molecule has 0 unspecified atom stereocenters. The number of nitrogens with one attached hydrogen (secondary N) is 1. The highest BCUT2D eigenvalue weighted by molar-refractivity contribution is 14.1. The van der Waals surface area contributed by atoms with Crippen molar-refractivity contribution >= 4 is 28.4 Å². The molecule has 0 bridgehead atoms. The third-order valence-corrected chi connectivity index (χ3v) is 1.12. The van der Waals surface area contributed by atoms with Gasteiger partial charge in [0.2, 0.25) is 0 Å². The molecule has 3 nitrogen and oxygen atoms in total. The molecule has 0 aliphatic rings. The molecular formula is C3H4IN3. The lowest BCUT2D eigenvalue weighted by Crippen LogP contribution is -1.81. The molecule has 0 aliphatic carbocycles. The highest BCUT2D eigenvalue weighted by atomic mass is 127. The van der Waals surface area contributed by atoms with Gasteiger partial charge in [-0.05, 0) is 22.6 Å². The second-order valence-corrected chi connectivity index (χ2v) is 2.25. The molecule has 1 rings (SSSR count). The second-order valence-electron chi connectivity index (χ2n) is 1.15. The van der Waals surface area contributed by atoms with E-state index in [-0.39, 0.29) is 0 Å². The van der Waals surface area contributed by atoms with Gasteiger partial charge >= 0.3 is 0 Å². The number of halogens is 1. The van der Waals surface area contributed by atoms with Crippen molar-refractivity contribution in [2.24, 2.45) is 0 Å². The number of H-pyrrole nitrogens is 1. The first-order valence-corrected chi connectivity index (χ1v) is 2.83. The minimum atomic E-state index is 0.615. The van der Waals surface area contributed by atoms with Crippen LogP contribution in [-0.4, -0.2) is 10.2 Å². The van der Waals surface area contributed by atoms with E-state index >= 15 is 0 Å². The van der Waals surface area contributed by atoms with Crippen LogP contribution in [0.15, 0.2) is 6.07 Å². The molecule has 1 aromatic heterocycles. The lowest BCUT2D eigenvalue weighted by atomic mass is 10.7. The highest BCUT2D eigenvalue weighted by Gasteiger charge is 1.87. The zero-order valence-corrected chi connectivity index (χ0v) is 5.64. The van der Waals surface area contributed by atoms with Gasteiger partial charge in [0, 0.05) is 6.07 Å². The maximum Gasteiger partial charge on any atom is 0.125 e. The van der Waals surface area contributed by atoms with Gasteiger partial charge in [0.1, 0.15) is 9.52 Å². The molecule has 0 aliphatic heterocycles. The number of nitrogens with zero attached hydrogens (tertiary/aromatic N) is 1. The number of nitrogen functional groups attached to an aromatic ring is 1. The van der Waals surface area contributed by atoms with E-state index in [0.717, 1.165) is 3.70 Å². The van der Waals surface area contributed by atoms with Crippen LogP contribution in [0.3, 0.4) is 0 Å². The van der Waals surface area contributed by atoms with Crippen molar-refractivity contribution in [3.05, 3.63) is 9.77 Å². The van der Waals surface area contributed by atoms with Crippen LogP contribution in [0.5, 0.6) is 0 Å². The molecular weight excluding hydrogens is 205 g/mol. The van der Waals surface area contributed by atoms with E-state index in [2.05, 4.69) is 32.8 Å². The average molecular weight is 209 g/mol. The summed E-state index contributed by atoms with van der Waals surface area (Å²) in [7, 11) is 0. The molecule has 0 amide bonds. The number of hydrogen-bond donors (Lipinski definition) is 2. The van der Waals surface area contributed by atoms with Gasteiger partial charge in [-0.1, -0.05) is 0 Å². The topological polar surface area (TPSA) is 54.7 Å². The van der Waals surface area contributed by atoms with Gasteiger partial charge in [-0.25, -0.2) is 0 Å². The molecule has 1 heterocycles. The van der Waals surface area contributed by atoms with Crippen LogP contribution in [0.2, 0.25) is 0 Å². The molecule has 0 atom stereocenters. The minimum Gasteiger partial charge on any atom is -0.384 e. The Morgan fingerprint density at radius 1 is 1.86 bits per heavy atom. The first kappa shape index (κ1) is 4.89. The fourth-order valence-electron chi connectivity index (χ4n) is 0.311. The number of anilines is 1. The van der Waals surface area contributed by atoms with Crippen LogP contribution in [0.25, 0.3) is 0 Å². The lowest BCUT2D eigenvalue weighted by molar-refractivity contribution is 1.08. The van der Waals surface area contributed by atoms with Gasteiger partial charge in [0.05, 0.1) is 0 Å². The summed E-state index contributed by atoms with van der Waals surface area (Å²) in [5.74, 6) is 0.615. The Hall–Kier alpha value is -0.260. The third-order valence-electron chi connectivity index (χ3n) is 0.566.